The van der Waals surface area contributed by atoms with Crippen LogP contribution in [0.3, 0.4) is 0 Å². The van der Waals surface area contributed by atoms with E-state index in [0.29, 0.717) is 32.5 Å². The topological polar surface area (TPSA) is 59.3 Å². The molecular formula is C18H15ClN4OS. The van der Waals surface area contributed by atoms with E-state index >= 15 is 0 Å². The summed E-state index contributed by atoms with van der Waals surface area (Å²) < 4.78 is 1.59. The number of halogens is 1. The molecule has 0 spiro atoms. The highest BCUT2D eigenvalue weighted by atomic mass is 35.5. The molecule has 0 radical (unpaired) electrons. The SMILES string of the molecule is O=c1c2ccccc2nc(SCC2=NCCN2)n1-c1ccccc1Cl. The van der Waals surface area contributed by atoms with Gasteiger partial charge in [0.05, 0.1) is 33.9 Å². The van der Waals surface area contributed by atoms with Gasteiger partial charge in [0.2, 0.25) is 0 Å². The van der Waals surface area contributed by atoms with Crippen LogP contribution in [0.1, 0.15) is 0 Å². The van der Waals surface area contributed by atoms with Crippen LogP contribution >= 0.6 is 23.4 Å². The zero-order valence-corrected chi connectivity index (χ0v) is 14.8. The third kappa shape index (κ3) is 3.15. The van der Waals surface area contributed by atoms with Crippen molar-refractivity contribution >= 4 is 40.1 Å². The molecular weight excluding hydrogens is 356 g/mol. The van der Waals surface area contributed by atoms with Crippen molar-refractivity contribution in [2.75, 3.05) is 18.8 Å². The van der Waals surface area contributed by atoms with E-state index in [2.05, 4.69) is 10.3 Å². The summed E-state index contributed by atoms with van der Waals surface area (Å²) in [5, 5.41) is 4.93. The molecule has 1 aromatic heterocycles. The minimum absolute atomic E-state index is 0.123. The van der Waals surface area contributed by atoms with Gasteiger partial charge in [-0.05, 0) is 24.3 Å². The number of para-hydroxylation sites is 2. The van der Waals surface area contributed by atoms with E-state index in [1.807, 2.05) is 36.4 Å². The monoisotopic (exact) mass is 370 g/mol. The van der Waals surface area contributed by atoms with E-state index in [9.17, 15) is 4.79 Å². The molecule has 1 N–H and O–H groups in total. The predicted molar refractivity (Wildman–Crippen MR) is 103 cm³/mol. The van der Waals surface area contributed by atoms with Crippen LogP contribution in [0.15, 0.2) is 63.5 Å². The molecule has 0 aliphatic carbocycles. The molecule has 0 amide bonds. The predicted octanol–water partition coefficient (Wildman–Crippen LogP) is 3.13. The van der Waals surface area contributed by atoms with Crippen molar-refractivity contribution in [2.45, 2.75) is 5.16 Å². The van der Waals surface area contributed by atoms with Gasteiger partial charge in [-0.15, -0.1) is 0 Å². The van der Waals surface area contributed by atoms with Gasteiger partial charge in [-0.3, -0.25) is 14.4 Å². The Morgan fingerprint density at radius 2 is 1.96 bits per heavy atom. The number of aromatic nitrogens is 2. The molecule has 5 nitrogen and oxygen atoms in total. The molecule has 4 rings (SSSR count). The zero-order chi connectivity index (χ0) is 17.2. The Hall–Kier alpha value is -2.31. The fourth-order valence-corrected chi connectivity index (χ4v) is 3.88. The molecule has 0 saturated heterocycles. The van der Waals surface area contributed by atoms with Gasteiger partial charge in [0.1, 0.15) is 5.84 Å². The van der Waals surface area contributed by atoms with Crippen LogP contribution in [0.5, 0.6) is 0 Å². The lowest BCUT2D eigenvalue weighted by Crippen LogP contribution is -2.24. The largest absolute Gasteiger partial charge is 0.371 e. The summed E-state index contributed by atoms with van der Waals surface area (Å²) in [6.07, 6.45) is 0. The quantitative estimate of drug-likeness (QED) is 0.566. The smallest absolute Gasteiger partial charge is 0.266 e. The number of aliphatic imine (C=N–C) groups is 1. The second-order valence-corrected chi connectivity index (χ2v) is 6.90. The standard InChI is InChI=1S/C18H15ClN4OS/c19-13-6-2-4-8-15(13)23-17(24)12-5-1-3-7-14(12)22-18(23)25-11-16-20-9-10-21-16/h1-8H,9-11H2,(H,20,21). The van der Waals surface area contributed by atoms with Crippen LogP contribution in [-0.4, -0.2) is 34.2 Å². The van der Waals surface area contributed by atoms with Crippen molar-refractivity contribution in [1.82, 2.24) is 14.9 Å². The van der Waals surface area contributed by atoms with Crippen LogP contribution in [-0.2, 0) is 0 Å². The van der Waals surface area contributed by atoms with E-state index in [-0.39, 0.29) is 5.56 Å². The Labute approximate surface area is 153 Å². The Kier molecular flexibility index (Phi) is 4.46. The summed E-state index contributed by atoms with van der Waals surface area (Å²) in [4.78, 5) is 22.2. The highest BCUT2D eigenvalue weighted by Gasteiger charge is 2.16. The van der Waals surface area contributed by atoms with Crippen molar-refractivity contribution in [1.29, 1.82) is 0 Å². The minimum Gasteiger partial charge on any atom is -0.371 e. The normalized spacial score (nSPS) is 13.7. The van der Waals surface area contributed by atoms with Crippen molar-refractivity contribution in [3.8, 4) is 5.69 Å². The number of hydrogen-bond donors (Lipinski definition) is 1. The molecule has 2 aromatic carbocycles. The second kappa shape index (κ2) is 6.90. The Morgan fingerprint density at radius 3 is 2.76 bits per heavy atom. The van der Waals surface area contributed by atoms with Gasteiger partial charge >= 0.3 is 0 Å². The lowest BCUT2D eigenvalue weighted by Gasteiger charge is -2.14. The molecule has 2 heterocycles. The second-order valence-electron chi connectivity index (χ2n) is 5.55. The number of nitrogens with zero attached hydrogens (tertiary/aromatic N) is 3. The van der Waals surface area contributed by atoms with Gasteiger partial charge in [-0.2, -0.15) is 0 Å². The third-order valence-electron chi connectivity index (χ3n) is 3.92. The number of hydrogen-bond acceptors (Lipinski definition) is 5. The zero-order valence-electron chi connectivity index (χ0n) is 13.3. The van der Waals surface area contributed by atoms with Crippen LogP contribution in [0.4, 0.5) is 0 Å². The molecule has 0 atom stereocenters. The van der Waals surface area contributed by atoms with E-state index in [1.54, 1.807) is 16.7 Å². The Bertz CT molecular complexity index is 1030. The molecule has 1 aliphatic rings. The van der Waals surface area contributed by atoms with Gasteiger partial charge < -0.3 is 5.32 Å². The van der Waals surface area contributed by atoms with Gasteiger partial charge in [0.15, 0.2) is 5.16 Å². The molecule has 3 aromatic rings. The fraction of sp³-hybridized carbons (Fsp3) is 0.167. The molecule has 0 unspecified atom stereocenters. The number of nitrogens with one attached hydrogen (secondary N) is 1. The van der Waals surface area contributed by atoms with Crippen molar-refractivity contribution in [2.24, 2.45) is 4.99 Å². The summed E-state index contributed by atoms with van der Waals surface area (Å²) >= 11 is 7.83. The van der Waals surface area contributed by atoms with Gasteiger partial charge in [-0.1, -0.05) is 47.6 Å². The maximum absolute atomic E-state index is 13.1. The molecule has 0 fully saturated rings. The molecule has 0 saturated carbocycles. The molecule has 7 heteroatoms. The van der Waals surface area contributed by atoms with Crippen molar-refractivity contribution < 1.29 is 0 Å². The maximum Gasteiger partial charge on any atom is 0.266 e. The first-order valence-electron chi connectivity index (χ1n) is 7.91. The summed E-state index contributed by atoms with van der Waals surface area (Å²) in [5.41, 5.74) is 1.19. The molecule has 0 bridgehead atoms. The molecule has 126 valence electrons. The van der Waals surface area contributed by atoms with Crippen molar-refractivity contribution in [3.63, 3.8) is 0 Å². The lowest BCUT2D eigenvalue weighted by molar-refractivity contribution is 0.821. The highest BCUT2D eigenvalue weighted by molar-refractivity contribution is 7.99. The van der Waals surface area contributed by atoms with E-state index in [4.69, 9.17) is 16.6 Å². The Balaban J connectivity index is 1.88. The fourth-order valence-electron chi connectivity index (χ4n) is 2.73. The first kappa shape index (κ1) is 16.2. The molecule has 25 heavy (non-hydrogen) atoms. The Morgan fingerprint density at radius 1 is 1.16 bits per heavy atom. The van der Waals surface area contributed by atoms with Crippen LogP contribution in [0, 0.1) is 0 Å². The van der Waals surface area contributed by atoms with E-state index in [1.165, 1.54) is 11.8 Å². The van der Waals surface area contributed by atoms with Gasteiger partial charge in [0.25, 0.3) is 5.56 Å². The first-order chi connectivity index (χ1) is 12.2. The average Bonchev–Trinajstić information content (AvgIpc) is 3.15. The lowest BCUT2D eigenvalue weighted by atomic mass is 10.2. The van der Waals surface area contributed by atoms with Gasteiger partial charge in [0, 0.05) is 6.54 Å². The number of fused-ring (bicyclic) bond motifs is 1. The highest BCUT2D eigenvalue weighted by Crippen LogP contribution is 2.25. The van der Waals surface area contributed by atoms with Crippen LogP contribution in [0.2, 0.25) is 5.02 Å². The average molecular weight is 371 g/mol. The number of thioether (sulfide) groups is 1. The summed E-state index contributed by atoms with van der Waals surface area (Å²) in [6.45, 7) is 1.65. The first-order valence-corrected chi connectivity index (χ1v) is 9.27. The van der Waals surface area contributed by atoms with Gasteiger partial charge in [-0.25, -0.2) is 4.98 Å². The number of amidine groups is 1. The van der Waals surface area contributed by atoms with Crippen LogP contribution in [0.25, 0.3) is 16.6 Å². The number of rotatable bonds is 4. The maximum atomic E-state index is 13.1. The third-order valence-corrected chi connectivity index (χ3v) is 5.19. The number of benzene rings is 2. The van der Waals surface area contributed by atoms with E-state index < -0.39 is 0 Å². The summed E-state index contributed by atoms with van der Waals surface area (Å²) in [7, 11) is 0. The summed E-state index contributed by atoms with van der Waals surface area (Å²) in [6, 6.07) is 14.7. The summed E-state index contributed by atoms with van der Waals surface area (Å²) in [5.74, 6) is 1.56. The van der Waals surface area contributed by atoms with Crippen molar-refractivity contribution in [3.05, 3.63) is 63.9 Å². The van der Waals surface area contributed by atoms with Crippen LogP contribution < -0.4 is 10.9 Å². The van der Waals surface area contributed by atoms with E-state index in [0.717, 1.165) is 18.9 Å². The molecule has 1 aliphatic heterocycles. The minimum atomic E-state index is -0.123.